The average Bonchev–Trinajstić information content (AvgIpc) is 2.74. The Bertz CT molecular complexity index is 883. The van der Waals surface area contributed by atoms with Gasteiger partial charge < -0.3 is 9.64 Å². The van der Waals surface area contributed by atoms with Crippen LogP contribution in [-0.2, 0) is 4.74 Å². The van der Waals surface area contributed by atoms with Crippen molar-refractivity contribution in [1.82, 2.24) is 4.98 Å². The second-order valence-corrected chi connectivity index (χ2v) is 6.82. The maximum Gasteiger partial charge on any atom is 0.143 e. The second kappa shape index (κ2) is 12.3. The van der Waals surface area contributed by atoms with Crippen LogP contribution in [0.1, 0.15) is 19.0 Å². The van der Waals surface area contributed by atoms with Crippen LogP contribution < -0.4 is 4.90 Å². The fourth-order valence-electron chi connectivity index (χ4n) is 2.88. The molecule has 2 heterocycles. The highest BCUT2D eigenvalue weighted by molar-refractivity contribution is 5.81. The highest BCUT2D eigenvalue weighted by Gasteiger charge is 2.17. The standard InChI is InChI=1S/C24H29FN4O/c1-5-21(9-7-14-30-15-12-26-4)24-23(16-22(25)17-28-24)29-13-10-20(3)27-11-6-8-19(2)18-29/h5-9,11-12,14,16-17,20H,1-2,10,13,15,18H2,3-4H3/b8-6-,14-7+,21-9+,26-12?,27-11?. The molecule has 0 bridgehead atoms. The summed E-state index contributed by atoms with van der Waals surface area (Å²) in [6, 6.07) is 1.67. The van der Waals surface area contributed by atoms with Crippen LogP contribution in [0.25, 0.3) is 5.57 Å². The number of halogens is 1. The Morgan fingerprint density at radius 3 is 3.07 bits per heavy atom. The van der Waals surface area contributed by atoms with Crippen molar-refractivity contribution >= 4 is 23.7 Å². The van der Waals surface area contributed by atoms with Gasteiger partial charge in [0.05, 0.1) is 23.8 Å². The molecular formula is C24H29FN4O. The zero-order valence-electron chi connectivity index (χ0n) is 17.7. The summed E-state index contributed by atoms with van der Waals surface area (Å²) in [6.45, 7) is 11.7. The molecule has 0 saturated heterocycles. The van der Waals surface area contributed by atoms with Crippen LogP contribution in [0.3, 0.4) is 0 Å². The van der Waals surface area contributed by atoms with Crippen LogP contribution in [-0.4, -0.2) is 50.2 Å². The Kier molecular flexibility index (Phi) is 9.45. The van der Waals surface area contributed by atoms with E-state index in [1.54, 1.807) is 37.9 Å². The molecule has 1 aliphatic rings. The number of hydrogen-bond acceptors (Lipinski definition) is 5. The largest absolute Gasteiger partial charge is 0.496 e. The zero-order chi connectivity index (χ0) is 21.8. The van der Waals surface area contributed by atoms with Crippen molar-refractivity contribution < 1.29 is 9.13 Å². The van der Waals surface area contributed by atoms with Crippen LogP contribution in [0.2, 0.25) is 0 Å². The van der Waals surface area contributed by atoms with Gasteiger partial charge in [-0.1, -0.05) is 25.3 Å². The molecule has 0 aliphatic carbocycles. The maximum absolute atomic E-state index is 14.2. The second-order valence-electron chi connectivity index (χ2n) is 6.82. The molecule has 1 aliphatic heterocycles. The number of ether oxygens (including phenoxy) is 1. The van der Waals surface area contributed by atoms with Gasteiger partial charge in [0.25, 0.3) is 0 Å². The van der Waals surface area contributed by atoms with Gasteiger partial charge in [0.1, 0.15) is 12.4 Å². The summed E-state index contributed by atoms with van der Waals surface area (Å²) in [5.41, 5.74) is 3.01. The monoisotopic (exact) mass is 408 g/mol. The summed E-state index contributed by atoms with van der Waals surface area (Å²) in [5, 5.41) is 0. The van der Waals surface area contributed by atoms with Gasteiger partial charge in [0.15, 0.2) is 0 Å². The lowest BCUT2D eigenvalue weighted by atomic mass is 10.1. The van der Waals surface area contributed by atoms with Gasteiger partial charge in [-0.2, -0.15) is 0 Å². The Hall–Kier alpha value is -3.28. The number of anilines is 1. The average molecular weight is 409 g/mol. The van der Waals surface area contributed by atoms with Gasteiger partial charge in [-0.15, -0.1) is 0 Å². The number of hydrogen-bond donors (Lipinski definition) is 0. The Labute approximate surface area is 178 Å². The number of pyridine rings is 1. The van der Waals surface area contributed by atoms with E-state index < -0.39 is 0 Å². The predicted octanol–water partition coefficient (Wildman–Crippen LogP) is 4.80. The third kappa shape index (κ3) is 7.28. The van der Waals surface area contributed by atoms with Crippen molar-refractivity contribution in [3.8, 4) is 0 Å². The Morgan fingerprint density at radius 1 is 1.47 bits per heavy atom. The molecule has 0 N–H and O–H groups in total. The summed E-state index contributed by atoms with van der Waals surface area (Å²) in [4.78, 5) is 14.8. The third-order valence-corrected chi connectivity index (χ3v) is 4.44. The zero-order valence-corrected chi connectivity index (χ0v) is 17.7. The van der Waals surface area contributed by atoms with E-state index in [1.807, 2.05) is 18.2 Å². The molecule has 0 saturated carbocycles. The van der Waals surface area contributed by atoms with E-state index in [4.69, 9.17) is 4.74 Å². The van der Waals surface area contributed by atoms with Crippen molar-refractivity contribution in [3.63, 3.8) is 0 Å². The Balaban J connectivity index is 2.36. The smallest absolute Gasteiger partial charge is 0.143 e. The minimum atomic E-state index is -0.390. The van der Waals surface area contributed by atoms with Crippen LogP contribution in [0.4, 0.5) is 10.1 Å². The minimum absolute atomic E-state index is 0.162. The van der Waals surface area contributed by atoms with Crippen molar-refractivity contribution in [3.05, 3.63) is 79.1 Å². The van der Waals surface area contributed by atoms with E-state index in [9.17, 15) is 4.39 Å². The number of aliphatic imine (C=N–C) groups is 2. The van der Waals surface area contributed by atoms with Crippen molar-refractivity contribution in [2.45, 2.75) is 19.4 Å². The van der Waals surface area contributed by atoms with E-state index in [0.29, 0.717) is 31.1 Å². The molecule has 158 valence electrons. The fourth-order valence-corrected chi connectivity index (χ4v) is 2.88. The predicted molar refractivity (Wildman–Crippen MR) is 125 cm³/mol. The molecule has 0 fully saturated rings. The van der Waals surface area contributed by atoms with Gasteiger partial charge in [-0.3, -0.25) is 15.0 Å². The normalized spacial score (nSPS) is 19.4. The van der Waals surface area contributed by atoms with E-state index >= 15 is 0 Å². The molecule has 0 amide bonds. The molecule has 0 aromatic carbocycles. The molecule has 0 radical (unpaired) electrons. The molecule has 0 spiro atoms. The summed E-state index contributed by atoms with van der Waals surface area (Å²) in [7, 11) is 1.69. The van der Waals surface area contributed by atoms with E-state index in [-0.39, 0.29) is 11.9 Å². The maximum atomic E-state index is 14.2. The first-order valence-corrected chi connectivity index (χ1v) is 9.85. The van der Waals surface area contributed by atoms with Gasteiger partial charge in [-0.25, -0.2) is 4.39 Å². The van der Waals surface area contributed by atoms with E-state index in [0.717, 1.165) is 17.6 Å². The van der Waals surface area contributed by atoms with Crippen LogP contribution in [0.15, 0.2) is 77.6 Å². The summed E-state index contributed by atoms with van der Waals surface area (Å²) in [5.74, 6) is -0.390. The highest BCUT2D eigenvalue weighted by atomic mass is 19.1. The lowest BCUT2D eigenvalue weighted by molar-refractivity contribution is 0.306. The van der Waals surface area contributed by atoms with Gasteiger partial charge >= 0.3 is 0 Å². The third-order valence-electron chi connectivity index (χ3n) is 4.44. The molecule has 6 heteroatoms. The summed E-state index contributed by atoms with van der Waals surface area (Å²) < 4.78 is 19.5. The fraction of sp³-hybridized carbons (Fsp3) is 0.292. The molecule has 1 unspecified atom stereocenters. The summed E-state index contributed by atoms with van der Waals surface area (Å²) in [6.07, 6.45) is 16.2. The highest BCUT2D eigenvalue weighted by Crippen LogP contribution is 2.28. The molecule has 5 nitrogen and oxygen atoms in total. The van der Waals surface area contributed by atoms with Crippen LogP contribution in [0.5, 0.6) is 0 Å². The first-order valence-electron chi connectivity index (χ1n) is 9.85. The molecule has 1 aromatic rings. The molecule has 1 atom stereocenters. The summed E-state index contributed by atoms with van der Waals surface area (Å²) >= 11 is 0. The molecule has 2 rings (SSSR count). The van der Waals surface area contributed by atoms with Crippen molar-refractivity contribution in [2.75, 3.05) is 31.6 Å². The molecular weight excluding hydrogens is 379 g/mol. The van der Waals surface area contributed by atoms with Crippen LogP contribution in [0, 0.1) is 5.82 Å². The topological polar surface area (TPSA) is 50.1 Å². The number of aromatic nitrogens is 1. The first-order chi connectivity index (χ1) is 14.5. The lowest BCUT2D eigenvalue weighted by Gasteiger charge is -2.28. The first kappa shape index (κ1) is 23.0. The number of rotatable bonds is 7. The number of allylic oxidation sites excluding steroid dienone is 5. The molecule has 30 heavy (non-hydrogen) atoms. The van der Waals surface area contributed by atoms with Gasteiger partial charge in [-0.05, 0) is 37.1 Å². The van der Waals surface area contributed by atoms with E-state index in [1.165, 1.54) is 12.3 Å². The molecule has 1 aromatic heterocycles. The minimum Gasteiger partial charge on any atom is -0.496 e. The lowest BCUT2D eigenvalue weighted by Crippen LogP contribution is -2.29. The quantitative estimate of drug-likeness (QED) is 0.282. The van der Waals surface area contributed by atoms with Crippen molar-refractivity contribution in [2.24, 2.45) is 9.98 Å². The van der Waals surface area contributed by atoms with E-state index in [2.05, 4.69) is 40.0 Å². The SMILES string of the molecule is C=C/C(=C\C=C\OCC=NC)c1ncc(F)cc1N1CCC(C)N=C/C=C\C(=C)C1. The Morgan fingerprint density at radius 2 is 2.30 bits per heavy atom. The van der Waals surface area contributed by atoms with Gasteiger partial charge in [0, 0.05) is 50.2 Å². The number of nitrogens with zero attached hydrogens (tertiary/aromatic N) is 4. The van der Waals surface area contributed by atoms with Gasteiger partial charge in [0.2, 0.25) is 0 Å². The van der Waals surface area contributed by atoms with Crippen molar-refractivity contribution in [1.29, 1.82) is 0 Å². The van der Waals surface area contributed by atoms with Crippen LogP contribution >= 0.6 is 0 Å².